The molecule has 2 aliphatic rings. The number of amides is 2. The molecule has 2 heterocycles. The second-order valence-corrected chi connectivity index (χ2v) is 13.2. The molecular weight excluding hydrogens is 388 g/mol. The van der Waals surface area contributed by atoms with E-state index < -0.39 is 38.0 Å². The van der Waals surface area contributed by atoms with Crippen LogP contribution in [-0.4, -0.2) is 59.7 Å². The van der Waals surface area contributed by atoms with Crippen LogP contribution in [0, 0.1) is 11.6 Å². The molecule has 3 rings (SSSR count). The first-order valence-electron chi connectivity index (χ1n) is 9.24. The number of carbonyl (C=O) groups is 2. The molecule has 1 aromatic rings. The smallest absolute Gasteiger partial charge is 0.414 e. The Bertz CT molecular complexity index is 744. The number of nitrogens with one attached hydrogen (secondary N) is 1. The Morgan fingerprint density at radius 1 is 1.29 bits per heavy atom. The van der Waals surface area contributed by atoms with Gasteiger partial charge in [0.15, 0.2) is 11.6 Å². The van der Waals surface area contributed by atoms with E-state index >= 15 is 0 Å². The molecule has 2 fully saturated rings. The summed E-state index contributed by atoms with van der Waals surface area (Å²) in [6, 6.07) is 4.29. The van der Waals surface area contributed by atoms with Crippen LogP contribution in [0.1, 0.15) is 0 Å². The zero-order valence-corrected chi connectivity index (χ0v) is 17.3. The van der Waals surface area contributed by atoms with E-state index in [1.54, 1.807) is 4.90 Å². The third-order valence-corrected chi connectivity index (χ3v) is 8.43. The number of anilines is 2. The molecule has 1 atom stereocenters. The van der Waals surface area contributed by atoms with Crippen LogP contribution in [0.5, 0.6) is 0 Å². The number of methoxy groups -OCH3 is 1. The number of carbonyl (C=O) groups excluding carboxylic acids is 2. The minimum absolute atomic E-state index is 0.0373. The normalized spacial score (nSPS) is 21.5. The van der Waals surface area contributed by atoms with Crippen molar-refractivity contribution in [3.63, 3.8) is 0 Å². The van der Waals surface area contributed by atoms with Crippen molar-refractivity contribution in [2.24, 2.45) is 0 Å². The summed E-state index contributed by atoms with van der Waals surface area (Å²) in [7, 11) is -0.0395. The summed E-state index contributed by atoms with van der Waals surface area (Å²) in [5.41, 5.74) is 0.0563. The maximum absolute atomic E-state index is 14.7. The van der Waals surface area contributed by atoms with Crippen LogP contribution in [0.15, 0.2) is 12.1 Å². The van der Waals surface area contributed by atoms with E-state index in [0.717, 1.165) is 29.1 Å². The van der Waals surface area contributed by atoms with Gasteiger partial charge in [0.2, 0.25) is 0 Å². The van der Waals surface area contributed by atoms with Crippen LogP contribution >= 0.6 is 0 Å². The average Bonchev–Trinajstić information content (AvgIpc) is 3.01. The molecule has 154 valence electrons. The molecule has 1 N–H and O–H groups in total. The van der Waals surface area contributed by atoms with Gasteiger partial charge in [0, 0.05) is 25.2 Å². The van der Waals surface area contributed by atoms with E-state index in [1.165, 1.54) is 7.11 Å². The number of benzene rings is 1. The van der Waals surface area contributed by atoms with E-state index in [0.29, 0.717) is 13.1 Å². The van der Waals surface area contributed by atoms with Gasteiger partial charge in [-0.1, -0.05) is 13.1 Å². The fourth-order valence-corrected chi connectivity index (χ4v) is 5.45. The van der Waals surface area contributed by atoms with Gasteiger partial charge in [0.05, 0.1) is 34.0 Å². The van der Waals surface area contributed by atoms with Crippen molar-refractivity contribution in [1.29, 1.82) is 0 Å². The lowest BCUT2D eigenvalue weighted by Crippen LogP contribution is -2.43. The summed E-state index contributed by atoms with van der Waals surface area (Å²) in [6.07, 6.45) is -2.00. The lowest BCUT2D eigenvalue weighted by Gasteiger charge is -2.37. The molecule has 0 bridgehead atoms. The first-order chi connectivity index (χ1) is 13.2. The van der Waals surface area contributed by atoms with E-state index in [-0.39, 0.29) is 24.5 Å². The van der Waals surface area contributed by atoms with Gasteiger partial charge < -0.3 is 19.7 Å². The van der Waals surface area contributed by atoms with Crippen molar-refractivity contribution in [3.8, 4) is 0 Å². The van der Waals surface area contributed by atoms with Crippen LogP contribution in [0.4, 0.5) is 29.7 Å². The standard InChI is InChI=1S/C18H25F2N3O4Si/c1-26-17(24)21-10-13-11-23(18(25)27-13)12-8-14(19)16(15(20)9-12)22-4-6-28(2,3)7-5-22/h8-9,13H,4-7,10-11H2,1-3H3,(H,21,24)/t13-/m0/s1. The number of rotatable bonds is 4. The van der Waals surface area contributed by atoms with Crippen LogP contribution < -0.4 is 15.1 Å². The number of halogens is 2. The second kappa shape index (κ2) is 7.94. The summed E-state index contributed by atoms with van der Waals surface area (Å²) < 4.78 is 39.1. The maximum atomic E-state index is 14.7. The van der Waals surface area contributed by atoms with Crippen molar-refractivity contribution in [2.75, 3.05) is 43.1 Å². The predicted molar refractivity (Wildman–Crippen MR) is 104 cm³/mol. The Balaban J connectivity index is 1.72. The second-order valence-electron chi connectivity index (χ2n) is 7.90. The maximum Gasteiger partial charge on any atom is 0.414 e. The summed E-state index contributed by atoms with van der Waals surface area (Å²) in [4.78, 5) is 26.1. The highest BCUT2D eigenvalue weighted by atomic mass is 28.3. The van der Waals surface area contributed by atoms with Gasteiger partial charge in [-0.25, -0.2) is 18.4 Å². The molecule has 10 heteroatoms. The zero-order valence-electron chi connectivity index (χ0n) is 16.3. The van der Waals surface area contributed by atoms with Gasteiger partial charge in [0.1, 0.15) is 11.8 Å². The molecule has 7 nitrogen and oxygen atoms in total. The van der Waals surface area contributed by atoms with Gasteiger partial charge in [-0.2, -0.15) is 0 Å². The molecule has 2 amide bonds. The lowest BCUT2D eigenvalue weighted by molar-refractivity contribution is 0.132. The van der Waals surface area contributed by atoms with Crippen LogP contribution in [-0.2, 0) is 9.47 Å². The number of hydrogen-bond donors (Lipinski definition) is 1. The van der Waals surface area contributed by atoms with E-state index in [1.807, 2.05) is 0 Å². The molecule has 0 radical (unpaired) electrons. The van der Waals surface area contributed by atoms with Crippen LogP contribution in [0.25, 0.3) is 0 Å². The van der Waals surface area contributed by atoms with Gasteiger partial charge in [-0.05, 0) is 12.1 Å². The number of nitrogens with zero attached hydrogens (tertiary/aromatic N) is 2. The fourth-order valence-electron chi connectivity index (χ4n) is 3.45. The number of hydrogen-bond acceptors (Lipinski definition) is 5. The molecule has 0 aliphatic carbocycles. The van der Waals surface area contributed by atoms with Crippen LogP contribution in [0.2, 0.25) is 25.2 Å². The van der Waals surface area contributed by atoms with Gasteiger partial charge in [-0.15, -0.1) is 0 Å². The monoisotopic (exact) mass is 413 g/mol. The third-order valence-electron chi connectivity index (χ3n) is 5.28. The highest BCUT2D eigenvalue weighted by molar-refractivity contribution is 6.77. The SMILES string of the molecule is COC(=O)NC[C@H]1CN(c2cc(F)c(N3CC[Si](C)(C)CC3)c(F)c2)C(=O)O1. The molecule has 28 heavy (non-hydrogen) atoms. The molecule has 0 aromatic heterocycles. The van der Waals surface area contributed by atoms with Crippen molar-refractivity contribution in [3.05, 3.63) is 23.8 Å². The summed E-state index contributed by atoms with van der Waals surface area (Å²) in [6.45, 7) is 5.96. The van der Waals surface area contributed by atoms with Crippen molar-refractivity contribution >= 4 is 31.6 Å². The number of alkyl carbamates (subject to hydrolysis) is 1. The highest BCUT2D eigenvalue weighted by Crippen LogP contribution is 2.34. The summed E-state index contributed by atoms with van der Waals surface area (Å²) in [5, 5.41) is 2.43. The fraction of sp³-hybridized carbons (Fsp3) is 0.556. The molecular formula is C18H25F2N3O4Si. The topological polar surface area (TPSA) is 71.1 Å². The minimum Gasteiger partial charge on any atom is -0.453 e. The quantitative estimate of drug-likeness (QED) is 0.768. The van der Waals surface area contributed by atoms with E-state index in [2.05, 4.69) is 23.1 Å². The summed E-state index contributed by atoms with van der Waals surface area (Å²) in [5.74, 6) is -1.39. The lowest BCUT2D eigenvalue weighted by atomic mass is 10.2. The number of cyclic esters (lactones) is 1. The van der Waals surface area contributed by atoms with Crippen LogP contribution in [0.3, 0.4) is 0 Å². The Morgan fingerprint density at radius 2 is 1.89 bits per heavy atom. The molecule has 0 unspecified atom stereocenters. The van der Waals surface area contributed by atoms with Gasteiger partial charge >= 0.3 is 12.2 Å². The minimum atomic E-state index is -1.26. The molecule has 0 spiro atoms. The summed E-state index contributed by atoms with van der Waals surface area (Å²) >= 11 is 0. The van der Waals surface area contributed by atoms with E-state index in [4.69, 9.17) is 4.74 Å². The van der Waals surface area contributed by atoms with E-state index in [9.17, 15) is 18.4 Å². The molecule has 0 saturated carbocycles. The average molecular weight is 413 g/mol. The molecule has 2 aliphatic heterocycles. The number of ether oxygens (including phenoxy) is 2. The first kappa shape index (κ1) is 20.4. The first-order valence-corrected chi connectivity index (χ1v) is 12.7. The van der Waals surface area contributed by atoms with Crippen molar-refractivity contribution in [1.82, 2.24) is 5.32 Å². The largest absolute Gasteiger partial charge is 0.453 e. The Kier molecular flexibility index (Phi) is 5.78. The van der Waals surface area contributed by atoms with Crippen molar-refractivity contribution < 1.29 is 27.8 Å². The molecule has 1 aromatic carbocycles. The third kappa shape index (κ3) is 4.37. The Labute approximate surface area is 163 Å². The van der Waals surface area contributed by atoms with Crippen molar-refractivity contribution in [2.45, 2.75) is 31.3 Å². The van der Waals surface area contributed by atoms with Gasteiger partial charge in [-0.3, -0.25) is 4.90 Å². The van der Waals surface area contributed by atoms with Gasteiger partial charge in [0.25, 0.3) is 0 Å². The Hall–Kier alpha value is -2.36. The zero-order chi connectivity index (χ0) is 20.5. The molecule has 2 saturated heterocycles. The Morgan fingerprint density at radius 3 is 2.46 bits per heavy atom. The highest BCUT2D eigenvalue weighted by Gasteiger charge is 2.35. The predicted octanol–water partition coefficient (Wildman–Crippen LogP) is 3.17.